The first-order valence-electron chi connectivity index (χ1n) is 31.6. The molecule has 26 unspecified atom stereocenters. The summed E-state index contributed by atoms with van der Waals surface area (Å²) in [6.45, 7) is -3.28. The van der Waals surface area contributed by atoms with Gasteiger partial charge in [-0.15, -0.1) is 0 Å². The van der Waals surface area contributed by atoms with Crippen LogP contribution in [0, 0.1) is 0 Å². The van der Waals surface area contributed by atoms with Crippen LogP contribution in [0.5, 0.6) is 5.75 Å². The van der Waals surface area contributed by atoms with E-state index in [9.17, 15) is 80.5 Å². The lowest BCUT2D eigenvalue weighted by Gasteiger charge is -2.48. The van der Waals surface area contributed by atoms with E-state index in [0.717, 1.165) is 4.90 Å². The fraction of sp³-hybridized carbons (Fsp3) is 0.574. The first-order valence-corrected chi connectivity index (χ1v) is 32.0. The second-order valence-electron chi connectivity index (χ2n) is 24.7. The minimum absolute atomic E-state index is 0.0538. The number of amides is 6. The molecule has 26 atom stereocenters. The van der Waals surface area contributed by atoms with E-state index in [2.05, 4.69) is 47.2 Å². The van der Waals surface area contributed by atoms with Crippen LogP contribution in [0.3, 0.4) is 0 Å². The SMILES string of the molecule is CC(c1ccc(Cl)cc1)C1NC(=O)CNC(=O)C(CO)NC(=O)C(C(O)C2CN=C(N)N2C2OC(CO)C(O)C(O)C2O)NC(=O)C(C(O)C2CN=C(N)N2)NC(=O)C(Cc2ccc(OC3OC(CO)C(OC4OC5COC(c6ccccc6)OC5C(O)C4O)C(O)C3O)cc2)NC1=O. The highest BCUT2D eigenvalue weighted by atomic mass is 35.5. The summed E-state index contributed by atoms with van der Waals surface area (Å²) < 4.78 is 41.2. The number of nitrogens with zero attached hydrogens (tertiary/aromatic N) is 3. The summed E-state index contributed by atoms with van der Waals surface area (Å²) in [6, 6.07) is 7.51. The Morgan fingerprint density at radius 2 is 1.26 bits per heavy atom. The molecule has 7 heterocycles. The Morgan fingerprint density at radius 3 is 1.93 bits per heavy atom. The number of ether oxygens (including phenoxy) is 7. The summed E-state index contributed by atoms with van der Waals surface area (Å²) in [4.78, 5) is 96.6. The molecule has 0 aliphatic carbocycles. The minimum atomic E-state index is -2.35. The Morgan fingerprint density at radius 1 is 0.616 bits per heavy atom. The maximum absolute atomic E-state index is 15.2. The average molecular weight is 1420 g/mol. The van der Waals surface area contributed by atoms with Crippen molar-refractivity contribution < 1.29 is 123 Å². The molecule has 99 heavy (non-hydrogen) atoms. The van der Waals surface area contributed by atoms with Gasteiger partial charge in [-0.25, -0.2) is 0 Å². The van der Waals surface area contributed by atoms with Crippen LogP contribution in [-0.2, 0) is 63.6 Å². The van der Waals surface area contributed by atoms with E-state index in [0.29, 0.717) is 16.1 Å². The number of rotatable bonds is 17. The minimum Gasteiger partial charge on any atom is -0.462 e. The quantitative estimate of drug-likeness (QED) is 0.0597. The van der Waals surface area contributed by atoms with E-state index in [-0.39, 0.29) is 30.4 Å². The van der Waals surface area contributed by atoms with Crippen LogP contribution >= 0.6 is 11.6 Å². The van der Waals surface area contributed by atoms with Gasteiger partial charge in [-0.1, -0.05) is 73.1 Å². The van der Waals surface area contributed by atoms with Crippen molar-refractivity contribution in [3.8, 4) is 5.75 Å². The molecule has 23 N–H and O–H groups in total. The molecule has 3 aromatic carbocycles. The number of guanidine groups is 2. The molecule has 3 aromatic rings. The monoisotopic (exact) mass is 1420 g/mol. The molecular weight excluding hydrogens is 1340 g/mol. The molecule has 6 amide bonds. The van der Waals surface area contributed by atoms with Gasteiger partial charge in [0.1, 0.15) is 121 Å². The average Bonchev–Trinajstić information content (AvgIpc) is 1.75. The number of nitrogens with one attached hydrogen (secondary N) is 7. The first kappa shape index (κ1) is 74.1. The molecule has 0 bridgehead atoms. The third-order valence-corrected chi connectivity index (χ3v) is 18.4. The number of aliphatic hydroxyl groups is 12. The fourth-order valence-electron chi connectivity index (χ4n) is 12.5. The molecule has 0 radical (unpaired) electrons. The number of carbonyl (C=O) groups excluding carboxylic acids is 6. The second kappa shape index (κ2) is 32.4. The van der Waals surface area contributed by atoms with E-state index in [1.54, 1.807) is 49.4 Å². The Bertz CT molecular complexity index is 3370. The summed E-state index contributed by atoms with van der Waals surface area (Å²) in [7, 11) is 0. The molecule has 7 aliphatic heterocycles. The Labute approximate surface area is 568 Å². The van der Waals surface area contributed by atoms with Gasteiger partial charge in [0.25, 0.3) is 0 Å². The van der Waals surface area contributed by atoms with Crippen LogP contribution in [0.1, 0.15) is 35.8 Å². The van der Waals surface area contributed by atoms with Crippen molar-refractivity contribution in [2.75, 3.05) is 46.1 Å². The predicted molar refractivity (Wildman–Crippen MR) is 335 cm³/mol. The predicted octanol–water partition coefficient (Wildman–Crippen LogP) is -10.2. The topological polar surface area (TPSA) is 574 Å². The number of aliphatic hydroxyl groups excluding tert-OH is 12. The maximum Gasteiger partial charge on any atom is 0.246 e. The molecule has 7 aliphatic rings. The number of hydrogen-bond donors (Lipinski definition) is 21. The van der Waals surface area contributed by atoms with Gasteiger partial charge in [0.15, 0.2) is 30.7 Å². The lowest BCUT2D eigenvalue weighted by atomic mass is 9.92. The number of aliphatic imine (C=N–C) groups is 2. The van der Waals surface area contributed by atoms with Gasteiger partial charge in [0.2, 0.25) is 41.7 Å². The maximum atomic E-state index is 15.2. The molecule has 0 spiro atoms. The van der Waals surface area contributed by atoms with Crippen molar-refractivity contribution in [3.63, 3.8) is 0 Å². The highest BCUT2D eigenvalue weighted by Crippen LogP contribution is 2.37. The molecule has 5 fully saturated rings. The van der Waals surface area contributed by atoms with Crippen LogP contribution < -0.4 is 53.4 Å². The number of carbonyl (C=O) groups is 6. The second-order valence-corrected chi connectivity index (χ2v) is 25.1. The van der Waals surface area contributed by atoms with Gasteiger partial charge in [-0.3, -0.25) is 38.8 Å². The van der Waals surface area contributed by atoms with Crippen LogP contribution in [0.25, 0.3) is 0 Å². The van der Waals surface area contributed by atoms with E-state index in [1.807, 2.05) is 0 Å². The largest absolute Gasteiger partial charge is 0.462 e. The van der Waals surface area contributed by atoms with Gasteiger partial charge in [-0.05, 0) is 35.4 Å². The Hall–Kier alpha value is -7.61. The van der Waals surface area contributed by atoms with Crippen molar-refractivity contribution in [3.05, 3.63) is 101 Å². The van der Waals surface area contributed by atoms with Crippen LogP contribution in [0.2, 0.25) is 5.02 Å². The molecule has 0 aromatic heterocycles. The van der Waals surface area contributed by atoms with Crippen molar-refractivity contribution in [1.82, 2.24) is 42.1 Å². The van der Waals surface area contributed by atoms with E-state index in [4.69, 9.17) is 56.2 Å². The zero-order valence-electron chi connectivity index (χ0n) is 52.7. The number of fused-ring (bicyclic) bond motifs is 1. The number of halogens is 1. The van der Waals surface area contributed by atoms with Crippen molar-refractivity contribution in [2.24, 2.45) is 21.5 Å². The van der Waals surface area contributed by atoms with Gasteiger partial charge in [-0.2, -0.15) is 0 Å². The number of hydrogen-bond acceptors (Lipinski definition) is 31. The fourth-order valence-corrected chi connectivity index (χ4v) is 12.6. The zero-order chi connectivity index (χ0) is 71.3. The van der Waals surface area contributed by atoms with Crippen LogP contribution in [-0.4, -0.2) is 306 Å². The standard InChI is InChI=1S/C61H81ClN12O25/c1-23(25-9-11-27(62)12-10-25)37-53(90)68-29(15-24-7-13-28(14-8-24)94-58-47(86)44(83)49(34(21-77)96-58)99-59-48(87)45(84)50-35(97-59)22-93-57(98-50)26-5-3-2-4-6-26)52(89)72-38(40(79)30-16-66-60(63)70-30)55(92)73-39(54(91)69-31(19-75)51(88)65-18-36(78)71-37)41(80)32-17-67-61(64)74(32)56-46(85)43(82)42(81)33(20-76)95-56/h2-14,23,29-35,37-50,56-59,75-77,79-87H,15-22H2,1H3,(H2,64,67)(H,65,88)(H,68,90)(H,69,91)(H,71,78)(H,72,89)(H,73,92)(H3,63,66,70). The Kier molecular flexibility index (Phi) is 24.2. The molecule has 38 heteroatoms. The summed E-state index contributed by atoms with van der Waals surface area (Å²) in [5.41, 5.74) is 13.4. The molecule has 5 saturated heterocycles. The molecule has 10 rings (SSSR count). The van der Waals surface area contributed by atoms with Crippen LogP contribution in [0.15, 0.2) is 88.8 Å². The summed E-state index contributed by atoms with van der Waals surface area (Å²) in [5.74, 6) is -9.09. The lowest BCUT2D eigenvalue weighted by molar-refractivity contribution is -0.383. The number of benzene rings is 3. The van der Waals surface area contributed by atoms with Gasteiger partial charge >= 0.3 is 0 Å². The lowest BCUT2D eigenvalue weighted by Crippen LogP contribution is -2.70. The van der Waals surface area contributed by atoms with E-state index >= 15 is 9.59 Å². The number of nitrogens with two attached hydrogens (primary N) is 2. The molecule has 542 valence electrons. The van der Waals surface area contributed by atoms with Crippen molar-refractivity contribution in [2.45, 2.75) is 172 Å². The summed E-state index contributed by atoms with van der Waals surface area (Å²) >= 11 is 6.20. The molecule has 37 nitrogen and oxygen atoms in total. The summed E-state index contributed by atoms with van der Waals surface area (Å²) in [6.07, 6.45) is -30.7. The smallest absolute Gasteiger partial charge is 0.246 e. The Balaban J connectivity index is 0.916. The van der Waals surface area contributed by atoms with Crippen LogP contribution in [0.4, 0.5) is 0 Å². The third-order valence-electron chi connectivity index (χ3n) is 18.1. The van der Waals surface area contributed by atoms with Gasteiger partial charge < -0.3 is 148 Å². The van der Waals surface area contributed by atoms with E-state index in [1.165, 1.54) is 36.4 Å². The molecule has 0 saturated carbocycles. The zero-order valence-corrected chi connectivity index (χ0v) is 53.5. The van der Waals surface area contributed by atoms with E-state index < -0.39 is 239 Å². The highest BCUT2D eigenvalue weighted by Gasteiger charge is 2.55. The van der Waals surface area contributed by atoms with Crippen molar-refractivity contribution >= 4 is 59.0 Å². The summed E-state index contributed by atoms with van der Waals surface area (Å²) in [5, 5.41) is 151. The van der Waals surface area contributed by atoms with Crippen molar-refractivity contribution in [1.29, 1.82) is 0 Å². The van der Waals surface area contributed by atoms with Gasteiger partial charge in [0, 0.05) is 22.9 Å². The third kappa shape index (κ3) is 16.6. The normalized spacial score (nSPS) is 36.9. The first-order chi connectivity index (χ1) is 47.3. The molecular formula is C61H81ClN12O25. The highest BCUT2D eigenvalue weighted by molar-refractivity contribution is 6.30. The van der Waals surface area contributed by atoms with Gasteiger partial charge in [0.05, 0.1) is 58.1 Å².